The zero-order chi connectivity index (χ0) is 22.4. The van der Waals surface area contributed by atoms with Gasteiger partial charge in [0.05, 0.1) is 12.1 Å². The maximum atomic E-state index is 10.4. The molecular formula is C22H28N6O3S. The largest absolute Gasteiger partial charge is 0.390 e. The number of aromatic nitrogens is 5. The van der Waals surface area contributed by atoms with Crippen LogP contribution in [0, 0.1) is 0 Å². The Bertz CT molecular complexity index is 1100. The molecule has 170 valence electrons. The summed E-state index contributed by atoms with van der Waals surface area (Å²) in [6, 6.07) is 10.2. The van der Waals surface area contributed by atoms with E-state index in [9.17, 15) is 15.3 Å². The summed E-state index contributed by atoms with van der Waals surface area (Å²) in [4.78, 5) is 11.7. The van der Waals surface area contributed by atoms with E-state index in [2.05, 4.69) is 46.4 Å². The zero-order valence-corrected chi connectivity index (χ0v) is 18.9. The quantitative estimate of drug-likeness (QED) is 0.361. The van der Waals surface area contributed by atoms with Crippen molar-refractivity contribution in [3.63, 3.8) is 0 Å². The smallest absolute Gasteiger partial charge is 0.191 e. The number of thioether (sulfide) groups is 1. The fourth-order valence-electron chi connectivity index (χ4n) is 4.57. The van der Waals surface area contributed by atoms with Gasteiger partial charge in [0, 0.05) is 31.2 Å². The van der Waals surface area contributed by atoms with E-state index in [-0.39, 0.29) is 6.42 Å². The van der Waals surface area contributed by atoms with E-state index in [0.29, 0.717) is 28.3 Å². The van der Waals surface area contributed by atoms with E-state index in [1.807, 2.05) is 13.1 Å². The van der Waals surface area contributed by atoms with Gasteiger partial charge in [-0.15, -0.1) is 5.10 Å². The molecule has 32 heavy (non-hydrogen) atoms. The van der Waals surface area contributed by atoms with Crippen molar-refractivity contribution in [3.05, 3.63) is 35.9 Å². The Labute approximate surface area is 190 Å². The molecule has 2 saturated carbocycles. The number of rotatable bonds is 7. The number of likely N-dealkylation sites (N-methyl/N-ethyl adjacent to an activating group) is 1. The molecule has 2 aliphatic rings. The Kier molecular flexibility index (Phi) is 5.79. The third-order valence-corrected chi connectivity index (χ3v) is 7.52. The molecule has 1 aromatic carbocycles. The van der Waals surface area contributed by atoms with Crippen molar-refractivity contribution in [3.8, 4) is 0 Å². The molecule has 10 heteroatoms. The Balaban J connectivity index is 1.51. The summed E-state index contributed by atoms with van der Waals surface area (Å²) in [5.41, 5.74) is 2.40. The Morgan fingerprint density at radius 2 is 1.88 bits per heavy atom. The van der Waals surface area contributed by atoms with Gasteiger partial charge < -0.3 is 20.2 Å². The maximum absolute atomic E-state index is 10.4. The third kappa shape index (κ3) is 3.75. The standard InChI is InChI=1S/C22H28N6O3S/c1-3-9-32-22-23-20(27(2)14-10-13(14)12-7-5-4-6-8-12)17-21(24-22)28(26-25-17)15-11-16(29)19(31)18(15)30/h4-8,13-16,18-19,29-31H,3,9-11H2,1-2H3. The van der Waals surface area contributed by atoms with E-state index in [0.717, 1.165) is 24.4 Å². The lowest BCUT2D eigenvalue weighted by molar-refractivity contribution is -0.0253. The summed E-state index contributed by atoms with van der Waals surface area (Å²) in [5, 5.41) is 39.8. The molecule has 2 aliphatic carbocycles. The van der Waals surface area contributed by atoms with Crippen LogP contribution in [0.3, 0.4) is 0 Å². The first-order chi connectivity index (χ1) is 15.5. The van der Waals surface area contributed by atoms with Gasteiger partial charge >= 0.3 is 0 Å². The highest BCUT2D eigenvalue weighted by Crippen LogP contribution is 2.46. The van der Waals surface area contributed by atoms with Gasteiger partial charge in [-0.3, -0.25) is 0 Å². The summed E-state index contributed by atoms with van der Waals surface area (Å²) in [6.07, 6.45) is -1.14. The van der Waals surface area contributed by atoms with Gasteiger partial charge in [0.15, 0.2) is 22.1 Å². The molecule has 0 amide bonds. The molecule has 3 aromatic rings. The van der Waals surface area contributed by atoms with Crippen LogP contribution in [0.15, 0.2) is 35.5 Å². The lowest BCUT2D eigenvalue weighted by Gasteiger charge is -2.20. The van der Waals surface area contributed by atoms with E-state index >= 15 is 0 Å². The van der Waals surface area contributed by atoms with Crippen molar-refractivity contribution >= 4 is 28.7 Å². The third-order valence-electron chi connectivity index (χ3n) is 6.47. The predicted molar refractivity (Wildman–Crippen MR) is 122 cm³/mol. The number of hydrogen-bond donors (Lipinski definition) is 3. The Morgan fingerprint density at radius 1 is 1.09 bits per heavy atom. The summed E-state index contributed by atoms with van der Waals surface area (Å²) in [6.45, 7) is 2.11. The molecule has 0 saturated heterocycles. The summed E-state index contributed by atoms with van der Waals surface area (Å²) >= 11 is 1.57. The summed E-state index contributed by atoms with van der Waals surface area (Å²) < 4.78 is 1.54. The molecule has 2 aromatic heterocycles. The molecule has 2 heterocycles. The minimum Gasteiger partial charge on any atom is -0.390 e. The predicted octanol–water partition coefficient (Wildman–Crippen LogP) is 1.74. The first-order valence-electron chi connectivity index (χ1n) is 11.1. The average Bonchev–Trinajstić information content (AvgIpc) is 3.45. The Morgan fingerprint density at radius 3 is 2.56 bits per heavy atom. The van der Waals surface area contributed by atoms with Crippen LogP contribution in [0.25, 0.3) is 11.2 Å². The van der Waals surface area contributed by atoms with Gasteiger partial charge in [0.25, 0.3) is 0 Å². The Hall–Kier alpha value is -2.27. The number of hydrogen-bond acceptors (Lipinski definition) is 9. The van der Waals surface area contributed by atoms with Crippen molar-refractivity contribution in [2.75, 3.05) is 17.7 Å². The molecule has 3 N–H and O–H groups in total. The highest BCUT2D eigenvalue weighted by atomic mass is 32.2. The van der Waals surface area contributed by atoms with Crippen molar-refractivity contribution in [1.82, 2.24) is 25.0 Å². The van der Waals surface area contributed by atoms with Gasteiger partial charge in [0.1, 0.15) is 12.2 Å². The monoisotopic (exact) mass is 456 g/mol. The summed E-state index contributed by atoms with van der Waals surface area (Å²) in [5.74, 6) is 2.04. The first-order valence-corrected chi connectivity index (χ1v) is 12.1. The molecule has 5 rings (SSSR count). The number of aliphatic hydroxyl groups excluding tert-OH is 3. The van der Waals surface area contributed by atoms with Crippen LogP contribution in [-0.2, 0) is 0 Å². The van der Waals surface area contributed by atoms with Gasteiger partial charge in [-0.05, 0) is 18.4 Å². The number of nitrogens with zero attached hydrogens (tertiary/aromatic N) is 6. The molecule has 0 bridgehead atoms. The van der Waals surface area contributed by atoms with Crippen LogP contribution in [0.1, 0.15) is 43.7 Å². The topological polar surface area (TPSA) is 120 Å². The van der Waals surface area contributed by atoms with Crippen molar-refractivity contribution in [2.45, 2.75) is 67.7 Å². The molecular weight excluding hydrogens is 428 g/mol. The average molecular weight is 457 g/mol. The van der Waals surface area contributed by atoms with Gasteiger partial charge in [-0.1, -0.05) is 54.2 Å². The van der Waals surface area contributed by atoms with Crippen LogP contribution in [0.4, 0.5) is 5.82 Å². The fraction of sp³-hybridized carbons (Fsp3) is 0.545. The van der Waals surface area contributed by atoms with Crippen molar-refractivity contribution < 1.29 is 15.3 Å². The lowest BCUT2D eigenvalue weighted by atomic mass is 10.1. The summed E-state index contributed by atoms with van der Waals surface area (Å²) in [7, 11) is 2.03. The number of aliphatic hydroxyl groups is 3. The number of anilines is 1. The van der Waals surface area contributed by atoms with Crippen LogP contribution >= 0.6 is 11.8 Å². The molecule has 0 spiro atoms. The molecule has 6 atom stereocenters. The molecule has 6 unspecified atom stereocenters. The van der Waals surface area contributed by atoms with Crippen LogP contribution in [0.5, 0.6) is 0 Å². The zero-order valence-electron chi connectivity index (χ0n) is 18.1. The van der Waals surface area contributed by atoms with Gasteiger partial charge in [-0.2, -0.15) is 0 Å². The number of fused-ring (bicyclic) bond motifs is 1. The van der Waals surface area contributed by atoms with Crippen LogP contribution in [-0.4, -0.2) is 77.4 Å². The van der Waals surface area contributed by atoms with E-state index < -0.39 is 24.4 Å². The minimum absolute atomic E-state index is 0.187. The normalized spacial score (nSPS) is 29.5. The highest BCUT2D eigenvalue weighted by Gasteiger charge is 2.45. The second-order valence-electron chi connectivity index (χ2n) is 8.67. The SMILES string of the molecule is CCCSc1nc(N(C)C2CC2c2ccccc2)c2nnn(C3CC(O)C(O)C3O)c2n1. The van der Waals surface area contributed by atoms with E-state index in [1.54, 1.807) is 11.8 Å². The first kappa shape index (κ1) is 21.6. The maximum Gasteiger partial charge on any atom is 0.191 e. The van der Waals surface area contributed by atoms with Crippen molar-refractivity contribution in [1.29, 1.82) is 0 Å². The van der Waals surface area contributed by atoms with E-state index in [1.165, 1.54) is 10.2 Å². The fourth-order valence-corrected chi connectivity index (χ4v) is 5.26. The molecule has 0 aliphatic heterocycles. The second kappa shape index (κ2) is 8.58. The molecule has 2 fully saturated rings. The molecule has 0 radical (unpaired) electrons. The van der Waals surface area contributed by atoms with Crippen molar-refractivity contribution in [2.24, 2.45) is 0 Å². The highest BCUT2D eigenvalue weighted by molar-refractivity contribution is 7.99. The van der Waals surface area contributed by atoms with Crippen LogP contribution < -0.4 is 4.90 Å². The second-order valence-corrected chi connectivity index (χ2v) is 9.73. The van der Waals surface area contributed by atoms with Gasteiger partial charge in [-0.25, -0.2) is 14.6 Å². The lowest BCUT2D eigenvalue weighted by Crippen LogP contribution is -2.31. The van der Waals surface area contributed by atoms with Crippen LogP contribution in [0.2, 0.25) is 0 Å². The molecule has 9 nitrogen and oxygen atoms in total. The van der Waals surface area contributed by atoms with Gasteiger partial charge in [0.2, 0.25) is 0 Å². The number of benzene rings is 1. The minimum atomic E-state index is -1.21. The van der Waals surface area contributed by atoms with E-state index in [4.69, 9.17) is 9.97 Å².